The summed E-state index contributed by atoms with van der Waals surface area (Å²) in [5.74, 6) is 0.133. The van der Waals surface area contributed by atoms with E-state index in [0.717, 1.165) is 31.4 Å². The SMILES string of the molecule is CC(C)CCc1c(C(N)=O)nnn1C1CC1. The van der Waals surface area contributed by atoms with Crippen LogP contribution in [0.4, 0.5) is 0 Å². The van der Waals surface area contributed by atoms with E-state index < -0.39 is 5.91 Å². The van der Waals surface area contributed by atoms with Crippen molar-refractivity contribution in [2.24, 2.45) is 11.7 Å². The van der Waals surface area contributed by atoms with Crippen molar-refractivity contribution in [1.82, 2.24) is 15.0 Å². The first-order valence-electron chi connectivity index (χ1n) is 5.83. The van der Waals surface area contributed by atoms with Gasteiger partial charge in [-0.3, -0.25) is 4.79 Å². The number of nitrogens with two attached hydrogens (primary N) is 1. The van der Waals surface area contributed by atoms with Gasteiger partial charge in [-0.15, -0.1) is 5.10 Å². The van der Waals surface area contributed by atoms with Gasteiger partial charge in [-0.2, -0.15) is 0 Å². The molecule has 5 heteroatoms. The van der Waals surface area contributed by atoms with Crippen molar-refractivity contribution in [2.45, 2.75) is 45.6 Å². The molecule has 0 aromatic carbocycles. The van der Waals surface area contributed by atoms with E-state index in [1.54, 1.807) is 0 Å². The molecule has 1 amide bonds. The van der Waals surface area contributed by atoms with Crippen molar-refractivity contribution in [3.63, 3.8) is 0 Å². The number of carbonyl (C=O) groups is 1. The van der Waals surface area contributed by atoms with Gasteiger partial charge in [-0.1, -0.05) is 19.1 Å². The molecule has 1 aromatic rings. The Hall–Kier alpha value is -1.39. The zero-order valence-corrected chi connectivity index (χ0v) is 9.81. The van der Waals surface area contributed by atoms with E-state index in [1.807, 2.05) is 4.68 Å². The van der Waals surface area contributed by atoms with Gasteiger partial charge in [0, 0.05) is 0 Å². The first-order valence-corrected chi connectivity index (χ1v) is 5.83. The maximum atomic E-state index is 11.2. The number of hydrogen-bond donors (Lipinski definition) is 1. The molecule has 1 aliphatic rings. The highest BCUT2D eigenvalue weighted by atomic mass is 16.1. The molecule has 0 spiro atoms. The van der Waals surface area contributed by atoms with Gasteiger partial charge in [-0.25, -0.2) is 4.68 Å². The van der Waals surface area contributed by atoms with Crippen molar-refractivity contribution < 1.29 is 4.79 Å². The maximum Gasteiger partial charge on any atom is 0.271 e. The topological polar surface area (TPSA) is 73.8 Å². The highest BCUT2D eigenvalue weighted by molar-refractivity contribution is 5.91. The van der Waals surface area contributed by atoms with Crippen LogP contribution in [0.1, 0.15) is 55.3 Å². The van der Waals surface area contributed by atoms with Crippen LogP contribution < -0.4 is 5.73 Å². The van der Waals surface area contributed by atoms with Crippen LogP contribution in [0, 0.1) is 5.92 Å². The average molecular weight is 222 g/mol. The minimum absolute atomic E-state index is 0.354. The van der Waals surface area contributed by atoms with Gasteiger partial charge in [0.25, 0.3) is 5.91 Å². The summed E-state index contributed by atoms with van der Waals surface area (Å²) in [5.41, 5.74) is 6.57. The summed E-state index contributed by atoms with van der Waals surface area (Å²) >= 11 is 0. The van der Waals surface area contributed by atoms with Crippen molar-refractivity contribution in [1.29, 1.82) is 0 Å². The lowest BCUT2D eigenvalue weighted by atomic mass is 10.1. The van der Waals surface area contributed by atoms with Crippen LogP contribution in [0.3, 0.4) is 0 Å². The zero-order valence-electron chi connectivity index (χ0n) is 9.81. The summed E-state index contributed by atoms with van der Waals surface area (Å²) in [5, 5.41) is 7.94. The fourth-order valence-electron chi connectivity index (χ4n) is 1.78. The van der Waals surface area contributed by atoms with Gasteiger partial charge in [-0.05, 0) is 31.6 Å². The minimum atomic E-state index is -0.467. The largest absolute Gasteiger partial charge is 0.364 e. The molecule has 2 rings (SSSR count). The third-order valence-corrected chi connectivity index (χ3v) is 2.88. The molecular formula is C11H18N4O. The molecule has 0 aliphatic heterocycles. The van der Waals surface area contributed by atoms with Gasteiger partial charge in [0.05, 0.1) is 11.7 Å². The van der Waals surface area contributed by atoms with Gasteiger partial charge in [0.1, 0.15) is 0 Å². The summed E-state index contributed by atoms with van der Waals surface area (Å²) in [6.45, 7) is 4.32. The quantitative estimate of drug-likeness (QED) is 0.816. The van der Waals surface area contributed by atoms with Crippen LogP contribution in [0.25, 0.3) is 0 Å². The van der Waals surface area contributed by atoms with Crippen molar-refractivity contribution in [3.05, 3.63) is 11.4 Å². The first kappa shape index (κ1) is 11.1. The van der Waals surface area contributed by atoms with Crippen LogP contribution in [0.2, 0.25) is 0 Å². The highest BCUT2D eigenvalue weighted by Crippen LogP contribution is 2.35. The molecule has 2 N–H and O–H groups in total. The summed E-state index contributed by atoms with van der Waals surface area (Å²) in [6, 6.07) is 0.447. The first-order chi connectivity index (χ1) is 7.59. The van der Waals surface area contributed by atoms with Gasteiger partial charge < -0.3 is 5.73 Å². The van der Waals surface area contributed by atoms with Gasteiger partial charge in [0.2, 0.25) is 0 Å². The monoisotopic (exact) mass is 222 g/mol. The molecule has 0 unspecified atom stereocenters. The van der Waals surface area contributed by atoms with E-state index in [1.165, 1.54) is 0 Å². The number of primary amides is 1. The Bertz CT molecular complexity index is 393. The van der Waals surface area contributed by atoms with Crippen LogP contribution in [0.15, 0.2) is 0 Å². The molecule has 0 bridgehead atoms. The van der Waals surface area contributed by atoms with Crippen LogP contribution in [-0.2, 0) is 6.42 Å². The third kappa shape index (κ3) is 2.23. The smallest absolute Gasteiger partial charge is 0.271 e. The van der Waals surface area contributed by atoms with E-state index >= 15 is 0 Å². The summed E-state index contributed by atoms with van der Waals surface area (Å²) in [7, 11) is 0. The number of amides is 1. The Morgan fingerprint density at radius 3 is 2.75 bits per heavy atom. The Labute approximate surface area is 95.0 Å². The normalized spacial score (nSPS) is 15.7. The summed E-state index contributed by atoms with van der Waals surface area (Å²) in [6.07, 6.45) is 4.13. The number of hydrogen-bond acceptors (Lipinski definition) is 3. The molecule has 1 heterocycles. The predicted octanol–water partition coefficient (Wildman–Crippen LogP) is 1.30. The second-order valence-electron chi connectivity index (χ2n) is 4.86. The average Bonchev–Trinajstić information content (AvgIpc) is 2.95. The highest BCUT2D eigenvalue weighted by Gasteiger charge is 2.29. The van der Waals surface area contributed by atoms with Crippen molar-refractivity contribution >= 4 is 5.91 Å². The Morgan fingerprint density at radius 2 is 2.25 bits per heavy atom. The molecule has 0 radical (unpaired) electrons. The fourth-order valence-corrected chi connectivity index (χ4v) is 1.78. The molecule has 1 aromatic heterocycles. The third-order valence-electron chi connectivity index (χ3n) is 2.88. The second-order valence-corrected chi connectivity index (χ2v) is 4.86. The van der Waals surface area contributed by atoms with Crippen LogP contribution in [0.5, 0.6) is 0 Å². The van der Waals surface area contributed by atoms with E-state index in [4.69, 9.17) is 5.73 Å². The molecule has 5 nitrogen and oxygen atoms in total. The molecular weight excluding hydrogens is 204 g/mol. The molecule has 1 fully saturated rings. The molecule has 16 heavy (non-hydrogen) atoms. The summed E-state index contributed by atoms with van der Waals surface area (Å²) < 4.78 is 1.89. The van der Waals surface area contributed by atoms with Crippen LogP contribution in [-0.4, -0.2) is 20.9 Å². The second kappa shape index (κ2) is 4.23. The number of aromatic nitrogens is 3. The number of carbonyl (C=O) groups excluding carboxylic acids is 1. The van der Waals surface area contributed by atoms with Gasteiger partial charge >= 0.3 is 0 Å². The molecule has 1 saturated carbocycles. The van der Waals surface area contributed by atoms with E-state index in [-0.39, 0.29) is 0 Å². The molecule has 1 aliphatic carbocycles. The fraction of sp³-hybridized carbons (Fsp3) is 0.727. The summed E-state index contributed by atoms with van der Waals surface area (Å²) in [4.78, 5) is 11.2. The molecule has 0 atom stereocenters. The Balaban J connectivity index is 2.22. The zero-order chi connectivity index (χ0) is 11.7. The lowest BCUT2D eigenvalue weighted by Gasteiger charge is -2.07. The lowest BCUT2D eigenvalue weighted by molar-refractivity contribution is 0.0994. The number of nitrogens with zero attached hydrogens (tertiary/aromatic N) is 3. The minimum Gasteiger partial charge on any atom is -0.364 e. The number of rotatable bonds is 5. The molecule has 88 valence electrons. The van der Waals surface area contributed by atoms with Gasteiger partial charge in [0.15, 0.2) is 5.69 Å². The maximum absolute atomic E-state index is 11.2. The van der Waals surface area contributed by atoms with E-state index in [2.05, 4.69) is 24.2 Å². The van der Waals surface area contributed by atoms with E-state index in [0.29, 0.717) is 17.7 Å². The van der Waals surface area contributed by atoms with Crippen molar-refractivity contribution in [3.8, 4) is 0 Å². The van der Waals surface area contributed by atoms with E-state index in [9.17, 15) is 4.79 Å². The van der Waals surface area contributed by atoms with Crippen molar-refractivity contribution in [2.75, 3.05) is 0 Å². The Kier molecular flexibility index (Phi) is 2.94. The lowest BCUT2D eigenvalue weighted by Crippen LogP contribution is -2.15. The van der Waals surface area contributed by atoms with Crippen LogP contribution >= 0.6 is 0 Å². The molecule has 0 saturated heterocycles. The Morgan fingerprint density at radius 1 is 1.56 bits per heavy atom. The standard InChI is InChI=1S/C11H18N4O/c1-7(2)3-6-9-10(11(12)16)13-14-15(9)8-4-5-8/h7-8H,3-6H2,1-2H3,(H2,12,16). The predicted molar refractivity (Wildman–Crippen MR) is 60.0 cm³/mol.